The second-order valence-electron chi connectivity index (χ2n) is 6.34. The third-order valence-electron chi connectivity index (χ3n) is 4.56. The van der Waals surface area contributed by atoms with Crippen molar-refractivity contribution in [2.24, 2.45) is 7.05 Å². The molecule has 0 radical (unpaired) electrons. The highest BCUT2D eigenvalue weighted by Crippen LogP contribution is 2.29. The molecule has 6 heteroatoms. The van der Waals surface area contributed by atoms with Gasteiger partial charge in [-0.1, -0.05) is 18.2 Å². The number of carbonyl (C=O) groups excluding carboxylic acids is 1. The van der Waals surface area contributed by atoms with Crippen molar-refractivity contribution in [3.8, 4) is 5.75 Å². The largest absolute Gasteiger partial charge is 0.493 e. The minimum absolute atomic E-state index is 0.136. The smallest absolute Gasteiger partial charge is 0.290 e. The van der Waals surface area contributed by atoms with Gasteiger partial charge < -0.3 is 18.6 Å². The molecule has 3 heterocycles. The molecule has 0 spiro atoms. The van der Waals surface area contributed by atoms with E-state index in [1.165, 1.54) is 0 Å². The molecule has 27 heavy (non-hydrogen) atoms. The fourth-order valence-electron chi connectivity index (χ4n) is 3.10. The number of fused-ring (bicyclic) bond motifs is 1. The van der Waals surface area contributed by atoms with Crippen molar-refractivity contribution in [2.45, 2.75) is 13.1 Å². The molecule has 0 saturated carbocycles. The highest BCUT2D eigenvalue weighted by atomic mass is 32.1. The Morgan fingerprint density at radius 1 is 1.19 bits per heavy atom. The number of thiophene rings is 1. The SMILES string of the molecule is COc1cccc2cc(C(=O)N(Cc3cccs3)Cc3cccn3C)oc12. The Hall–Kier alpha value is -2.99. The van der Waals surface area contributed by atoms with Crippen LogP contribution in [0.4, 0.5) is 0 Å². The number of furan rings is 1. The number of para-hydroxylation sites is 1. The molecule has 5 nitrogen and oxygen atoms in total. The van der Waals surface area contributed by atoms with Gasteiger partial charge in [0.05, 0.1) is 20.2 Å². The first-order chi connectivity index (χ1) is 13.2. The predicted octanol–water partition coefficient (Wildman–Crippen LogP) is 4.68. The summed E-state index contributed by atoms with van der Waals surface area (Å²) in [6.07, 6.45) is 1.98. The summed E-state index contributed by atoms with van der Waals surface area (Å²) in [5, 5.41) is 2.87. The molecule has 3 aromatic heterocycles. The second-order valence-corrected chi connectivity index (χ2v) is 7.37. The van der Waals surface area contributed by atoms with Gasteiger partial charge in [0.25, 0.3) is 5.91 Å². The van der Waals surface area contributed by atoms with Crippen LogP contribution in [-0.4, -0.2) is 22.5 Å². The number of amides is 1. The fourth-order valence-corrected chi connectivity index (χ4v) is 3.82. The first-order valence-corrected chi connectivity index (χ1v) is 9.52. The number of ether oxygens (including phenoxy) is 1. The summed E-state index contributed by atoms with van der Waals surface area (Å²) in [7, 11) is 3.58. The average molecular weight is 380 g/mol. The van der Waals surface area contributed by atoms with Crippen LogP contribution in [-0.2, 0) is 20.1 Å². The normalized spacial score (nSPS) is 11.0. The molecule has 0 saturated heterocycles. The van der Waals surface area contributed by atoms with Crippen molar-refractivity contribution in [1.82, 2.24) is 9.47 Å². The molecule has 1 aromatic carbocycles. The van der Waals surface area contributed by atoms with Gasteiger partial charge in [0, 0.05) is 29.2 Å². The van der Waals surface area contributed by atoms with Gasteiger partial charge in [0.2, 0.25) is 0 Å². The lowest BCUT2D eigenvalue weighted by Crippen LogP contribution is -2.30. The van der Waals surface area contributed by atoms with Crippen molar-refractivity contribution < 1.29 is 13.9 Å². The van der Waals surface area contributed by atoms with Gasteiger partial charge in [-0.25, -0.2) is 0 Å². The summed E-state index contributed by atoms with van der Waals surface area (Å²) in [5.41, 5.74) is 1.66. The van der Waals surface area contributed by atoms with E-state index in [0.717, 1.165) is 16.0 Å². The lowest BCUT2D eigenvalue weighted by molar-refractivity contribution is 0.0698. The molecule has 0 aliphatic carbocycles. The maximum Gasteiger partial charge on any atom is 0.290 e. The first-order valence-electron chi connectivity index (χ1n) is 8.64. The summed E-state index contributed by atoms with van der Waals surface area (Å²) < 4.78 is 13.3. The van der Waals surface area contributed by atoms with Gasteiger partial charge >= 0.3 is 0 Å². The number of nitrogens with zero attached hydrogens (tertiary/aromatic N) is 2. The predicted molar refractivity (Wildman–Crippen MR) is 106 cm³/mol. The lowest BCUT2D eigenvalue weighted by atomic mass is 10.2. The molecule has 4 aromatic rings. The molecular formula is C21H20N2O3S. The summed E-state index contributed by atoms with van der Waals surface area (Å²) in [4.78, 5) is 16.2. The lowest BCUT2D eigenvalue weighted by Gasteiger charge is -2.21. The molecule has 4 rings (SSSR count). The Kier molecular flexibility index (Phi) is 4.73. The Morgan fingerprint density at radius 3 is 2.78 bits per heavy atom. The van der Waals surface area contributed by atoms with E-state index in [2.05, 4.69) is 0 Å². The van der Waals surface area contributed by atoms with Gasteiger partial charge in [0.1, 0.15) is 0 Å². The topological polar surface area (TPSA) is 47.6 Å². The third kappa shape index (κ3) is 3.48. The van der Waals surface area contributed by atoms with E-state index in [4.69, 9.17) is 9.15 Å². The number of hydrogen-bond donors (Lipinski definition) is 0. The van der Waals surface area contributed by atoms with Gasteiger partial charge in [-0.05, 0) is 35.7 Å². The number of aromatic nitrogens is 1. The van der Waals surface area contributed by atoms with E-state index in [-0.39, 0.29) is 5.91 Å². The third-order valence-corrected chi connectivity index (χ3v) is 5.42. The van der Waals surface area contributed by atoms with E-state index >= 15 is 0 Å². The molecule has 0 unspecified atom stereocenters. The van der Waals surface area contributed by atoms with Crippen molar-refractivity contribution >= 4 is 28.2 Å². The standard InChI is InChI=1S/C21H20N2O3S/c1-22-10-4-7-16(22)13-23(14-17-8-5-11-27-17)21(24)19-12-15-6-3-9-18(25-2)20(15)26-19/h3-12H,13-14H2,1-2H3. The van der Waals surface area contributed by atoms with Crippen LogP contribution in [0.15, 0.2) is 64.5 Å². The number of aryl methyl sites for hydroxylation is 1. The van der Waals surface area contributed by atoms with Crippen molar-refractivity contribution in [2.75, 3.05) is 7.11 Å². The summed E-state index contributed by atoms with van der Waals surface area (Å²) >= 11 is 1.64. The molecular weight excluding hydrogens is 360 g/mol. The Morgan fingerprint density at radius 2 is 2.07 bits per heavy atom. The van der Waals surface area contributed by atoms with E-state index in [1.54, 1.807) is 24.5 Å². The van der Waals surface area contributed by atoms with Crippen LogP contribution in [0.3, 0.4) is 0 Å². The minimum atomic E-state index is -0.136. The number of hydrogen-bond acceptors (Lipinski definition) is 4. The molecule has 0 aliphatic heterocycles. The molecule has 1 amide bonds. The first kappa shape index (κ1) is 17.4. The van der Waals surface area contributed by atoms with Crippen molar-refractivity contribution in [3.63, 3.8) is 0 Å². The van der Waals surface area contributed by atoms with Gasteiger partial charge in [-0.15, -0.1) is 11.3 Å². The average Bonchev–Trinajstić information content (AvgIpc) is 3.41. The van der Waals surface area contributed by atoms with Gasteiger partial charge in [0.15, 0.2) is 17.1 Å². The van der Waals surface area contributed by atoms with E-state index < -0.39 is 0 Å². The molecule has 0 N–H and O–H groups in total. The number of rotatable bonds is 6. The Labute approximate surface area is 161 Å². The number of benzene rings is 1. The monoisotopic (exact) mass is 380 g/mol. The second kappa shape index (κ2) is 7.32. The molecule has 138 valence electrons. The van der Waals surface area contributed by atoms with Crippen molar-refractivity contribution in [3.05, 3.63) is 76.4 Å². The van der Waals surface area contributed by atoms with Gasteiger partial charge in [-0.3, -0.25) is 4.79 Å². The van der Waals surface area contributed by atoms with Crippen molar-refractivity contribution in [1.29, 1.82) is 0 Å². The summed E-state index contributed by atoms with van der Waals surface area (Å²) in [5.74, 6) is 0.807. The quantitative estimate of drug-likeness (QED) is 0.488. The molecule has 0 aliphatic rings. The van der Waals surface area contributed by atoms with Crippen LogP contribution < -0.4 is 4.74 Å². The maximum atomic E-state index is 13.3. The Balaban J connectivity index is 1.68. The zero-order chi connectivity index (χ0) is 18.8. The van der Waals surface area contributed by atoms with Crippen LogP contribution in [0.25, 0.3) is 11.0 Å². The van der Waals surface area contributed by atoms with Crippen LogP contribution in [0.1, 0.15) is 21.1 Å². The number of carbonyl (C=O) groups is 1. The van der Waals surface area contributed by atoms with E-state index in [1.807, 2.05) is 70.6 Å². The molecule has 0 bridgehead atoms. The highest BCUT2D eigenvalue weighted by Gasteiger charge is 2.22. The number of methoxy groups -OCH3 is 1. The minimum Gasteiger partial charge on any atom is -0.493 e. The maximum absolute atomic E-state index is 13.3. The van der Waals surface area contributed by atoms with Crippen LogP contribution in [0, 0.1) is 0 Å². The molecule has 0 atom stereocenters. The molecule has 0 fully saturated rings. The zero-order valence-corrected chi connectivity index (χ0v) is 16.0. The van der Waals surface area contributed by atoms with E-state index in [0.29, 0.717) is 30.2 Å². The van der Waals surface area contributed by atoms with Gasteiger partial charge in [-0.2, -0.15) is 0 Å². The van der Waals surface area contributed by atoms with E-state index in [9.17, 15) is 4.79 Å². The fraction of sp³-hybridized carbons (Fsp3) is 0.190. The zero-order valence-electron chi connectivity index (χ0n) is 15.2. The van der Waals surface area contributed by atoms with Crippen LogP contribution >= 0.6 is 11.3 Å². The van der Waals surface area contributed by atoms with Crippen LogP contribution in [0.2, 0.25) is 0 Å². The summed E-state index contributed by atoms with van der Waals surface area (Å²) in [6.45, 7) is 1.05. The summed E-state index contributed by atoms with van der Waals surface area (Å²) in [6, 6.07) is 15.5. The highest BCUT2D eigenvalue weighted by molar-refractivity contribution is 7.09. The Bertz CT molecular complexity index is 1060. The van der Waals surface area contributed by atoms with Crippen LogP contribution in [0.5, 0.6) is 5.75 Å².